The molecule has 0 aliphatic heterocycles. The summed E-state index contributed by atoms with van der Waals surface area (Å²) in [6, 6.07) is 4.77. The number of nitrogens with one attached hydrogen (secondary N) is 2. The van der Waals surface area contributed by atoms with Crippen molar-refractivity contribution in [3.8, 4) is 11.1 Å². The first kappa shape index (κ1) is 11.0. The molecule has 2 rings (SSSR count). The molecule has 1 heterocycles. The van der Waals surface area contributed by atoms with Crippen molar-refractivity contribution in [1.29, 1.82) is 0 Å². The van der Waals surface area contributed by atoms with Gasteiger partial charge in [0.25, 0.3) is 5.56 Å². The Morgan fingerprint density at radius 2 is 1.81 bits per heavy atom. The summed E-state index contributed by atoms with van der Waals surface area (Å²) in [6.07, 6.45) is 1.30. The average molecular weight is 257 g/mol. The highest BCUT2D eigenvalue weighted by atomic mass is 35.5. The van der Waals surface area contributed by atoms with Crippen LogP contribution in [0.2, 0.25) is 10.0 Å². The Morgan fingerprint density at radius 3 is 2.50 bits per heavy atom. The van der Waals surface area contributed by atoms with Gasteiger partial charge in [0.1, 0.15) is 0 Å². The van der Waals surface area contributed by atoms with E-state index < -0.39 is 11.2 Å². The van der Waals surface area contributed by atoms with Crippen molar-refractivity contribution in [3.63, 3.8) is 0 Å². The number of H-pyrrole nitrogens is 2. The Balaban J connectivity index is 2.72. The summed E-state index contributed by atoms with van der Waals surface area (Å²) in [5.74, 6) is 0. The van der Waals surface area contributed by atoms with Crippen molar-refractivity contribution in [2.75, 3.05) is 0 Å². The predicted molar refractivity (Wildman–Crippen MR) is 63.1 cm³/mol. The van der Waals surface area contributed by atoms with Gasteiger partial charge in [-0.1, -0.05) is 23.2 Å². The van der Waals surface area contributed by atoms with Crippen molar-refractivity contribution in [2.24, 2.45) is 0 Å². The molecule has 6 heteroatoms. The molecule has 0 aliphatic carbocycles. The lowest BCUT2D eigenvalue weighted by molar-refractivity contribution is 1.04. The minimum Gasteiger partial charge on any atom is -0.313 e. The molecule has 0 radical (unpaired) electrons. The van der Waals surface area contributed by atoms with Gasteiger partial charge in [-0.05, 0) is 18.2 Å². The topological polar surface area (TPSA) is 65.7 Å². The summed E-state index contributed by atoms with van der Waals surface area (Å²) in [5.41, 5.74) is -0.321. The fourth-order valence-corrected chi connectivity index (χ4v) is 1.71. The molecule has 0 saturated heterocycles. The lowest BCUT2D eigenvalue weighted by Crippen LogP contribution is -2.22. The summed E-state index contributed by atoms with van der Waals surface area (Å²) in [6.45, 7) is 0. The van der Waals surface area contributed by atoms with Crippen LogP contribution in [0.3, 0.4) is 0 Å². The second-order valence-electron chi connectivity index (χ2n) is 3.11. The third-order valence-corrected chi connectivity index (χ3v) is 2.60. The van der Waals surface area contributed by atoms with Crippen LogP contribution >= 0.6 is 23.2 Å². The lowest BCUT2D eigenvalue weighted by atomic mass is 10.1. The van der Waals surface area contributed by atoms with Gasteiger partial charge in [0.2, 0.25) is 0 Å². The second-order valence-corrected chi connectivity index (χ2v) is 3.95. The largest absolute Gasteiger partial charge is 0.325 e. The van der Waals surface area contributed by atoms with Crippen LogP contribution in [0.5, 0.6) is 0 Å². The number of benzene rings is 1. The number of rotatable bonds is 1. The maximum absolute atomic E-state index is 11.5. The summed E-state index contributed by atoms with van der Waals surface area (Å²) in [5, 5.41) is 0.854. The van der Waals surface area contributed by atoms with Crippen molar-refractivity contribution in [3.05, 3.63) is 55.3 Å². The molecule has 4 nitrogen and oxygen atoms in total. The highest BCUT2D eigenvalue weighted by Gasteiger charge is 2.08. The summed E-state index contributed by atoms with van der Waals surface area (Å²) in [4.78, 5) is 26.9. The predicted octanol–water partition coefficient (Wildman–Crippen LogP) is 2.04. The molecule has 0 amide bonds. The number of aromatic nitrogens is 2. The van der Waals surface area contributed by atoms with Crippen LogP contribution in [0.4, 0.5) is 0 Å². The van der Waals surface area contributed by atoms with Crippen molar-refractivity contribution in [2.45, 2.75) is 0 Å². The Hall–Kier alpha value is -1.52. The summed E-state index contributed by atoms with van der Waals surface area (Å²) < 4.78 is 0. The smallest absolute Gasteiger partial charge is 0.313 e. The molecule has 0 bridgehead atoms. The van der Waals surface area contributed by atoms with Gasteiger partial charge in [-0.3, -0.25) is 9.78 Å². The van der Waals surface area contributed by atoms with E-state index >= 15 is 0 Å². The third kappa shape index (κ3) is 2.03. The van der Waals surface area contributed by atoms with E-state index in [4.69, 9.17) is 23.2 Å². The van der Waals surface area contributed by atoms with Crippen molar-refractivity contribution < 1.29 is 0 Å². The minimum atomic E-state index is -0.563. The Kier molecular flexibility index (Phi) is 2.85. The van der Waals surface area contributed by atoms with Gasteiger partial charge in [0.05, 0.1) is 5.56 Å². The molecule has 0 unspecified atom stereocenters. The van der Waals surface area contributed by atoms with E-state index in [2.05, 4.69) is 9.97 Å². The van der Waals surface area contributed by atoms with Crippen LogP contribution in [0, 0.1) is 0 Å². The molecule has 1 aromatic heterocycles. The number of halogens is 2. The maximum Gasteiger partial charge on any atom is 0.325 e. The van der Waals surface area contributed by atoms with Crippen LogP contribution in [0.25, 0.3) is 11.1 Å². The molecule has 0 fully saturated rings. The van der Waals surface area contributed by atoms with E-state index in [1.54, 1.807) is 18.2 Å². The molecule has 0 aliphatic rings. The van der Waals surface area contributed by atoms with Crippen LogP contribution in [0.1, 0.15) is 0 Å². The summed E-state index contributed by atoms with van der Waals surface area (Å²) >= 11 is 11.7. The van der Waals surface area contributed by atoms with E-state index in [9.17, 15) is 9.59 Å². The third-order valence-electron chi connectivity index (χ3n) is 2.04. The highest BCUT2D eigenvalue weighted by Crippen LogP contribution is 2.27. The van der Waals surface area contributed by atoms with Gasteiger partial charge in [0.15, 0.2) is 0 Å². The Labute approximate surface area is 99.9 Å². The monoisotopic (exact) mass is 256 g/mol. The van der Waals surface area contributed by atoms with E-state index in [0.29, 0.717) is 15.6 Å². The molecule has 2 N–H and O–H groups in total. The van der Waals surface area contributed by atoms with Crippen LogP contribution in [0.15, 0.2) is 34.0 Å². The zero-order chi connectivity index (χ0) is 11.7. The van der Waals surface area contributed by atoms with Gasteiger partial charge >= 0.3 is 5.69 Å². The van der Waals surface area contributed by atoms with Gasteiger partial charge in [0, 0.05) is 21.8 Å². The first-order chi connectivity index (χ1) is 7.58. The van der Waals surface area contributed by atoms with Crippen LogP contribution in [-0.4, -0.2) is 9.97 Å². The van der Waals surface area contributed by atoms with Gasteiger partial charge in [-0.15, -0.1) is 0 Å². The number of hydrogen-bond donors (Lipinski definition) is 2. The van der Waals surface area contributed by atoms with Gasteiger partial charge in [-0.2, -0.15) is 0 Å². The maximum atomic E-state index is 11.5. The zero-order valence-corrected chi connectivity index (χ0v) is 9.39. The molecule has 0 atom stereocenters. The highest BCUT2D eigenvalue weighted by molar-refractivity contribution is 6.35. The van der Waals surface area contributed by atoms with Crippen LogP contribution in [-0.2, 0) is 0 Å². The standard InChI is InChI=1S/C10H6Cl2N2O2/c11-5-1-2-8(12)6(3-5)7-4-13-10(16)14-9(7)15/h1-4H,(H2,13,14,15,16). The minimum absolute atomic E-state index is 0.270. The fraction of sp³-hybridized carbons (Fsp3) is 0. The second kappa shape index (κ2) is 4.15. The molecule has 0 saturated carbocycles. The molecule has 82 valence electrons. The molecule has 1 aromatic carbocycles. The Bertz CT molecular complexity index is 646. The van der Waals surface area contributed by atoms with E-state index in [0.717, 1.165) is 0 Å². The quantitative estimate of drug-likeness (QED) is 0.820. The molecule has 16 heavy (non-hydrogen) atoms. The Morgan fingerprint density at radius 1 is 1.06 bits per heavy atom. The van der Waals surface area contributed by atoms with Gasteiger partial charge in [-0.25, -0.2) is 4.79 Å². The molecular weight excluding hydrogens is 251 g/mol. The van der Waals surface area contributed by atoms with Gasteiger partial charge < -0.3 is 4.98 Å². The normalized spacial score (nSPS) is 10.4. The lowest BCUT2D eigenvalue weighted by Gasteiger charge is -2.03. The number of aromatic amines is 2. The van der Waals surface area contributed by atoms with Crippen LogP contribution < -0.4 is 11.2 Å². The fourth-order valence-electron chi connectivity index (χ4n) is 1.31. The first-order valence-corrected chi connectivity index (χ1v) is 5.11. The molecular formula is C10H6Cl2N2O2. The van der Waals surface area contributed by atoms with Crippen molar-refractivity contribution in [1.82, 2.24) is 9.97 Å². The SMILES string of the molecule is O=c1[nH]cc(-c2cc(Cl)ccc2Cl)c(=O)[nH]1. The summed E-state index contributed by atoms with van der Waals surface area (Å²) in [7, 11) is 0. The van der Waals surface area contributed by atoms with E-state index in [-0.39, 0.29) is 5.56 Å². The molecule has 2 aromatic rings. The molecule has 0 spiro atoms. The van der Waals surface area contributed by atoms with E-state index in [1.807, 2.05) is 0 Å². The van der Waals surface area contributed by atoms with E-state index in [1.165, 1.54) is 6.20 Å². The first-order valence-electron chi connectivity index (χ1n) is 4.35. The average Bonchev–Trinajstić information content (AvgIpc) is 2.22. The zero-order valence-electron chi connectivity index (χ0n) is 7.88. The number of hydrogen-bond acceptors (Lipinski definition) is 2. The van der Waals surface area contributed by atoms with Crippen molar-refractivity contribution >= 4 is 23.2 Å².